The van der Waals surface area contributed by atoms with Gasteiger partial charge in [0.05, 0.1) is 27.3 Å². The van der Waals surface area contributed by atoms with Gasteiger partial charge in [0.25, 0.3) is 0 Å². The number of carboxylic acid groups (broad SMARTS) is 4. The van der Waals surface area contributed by atoms with E-state index < -0.39 is 56.7 Å². The molecule has 2 aromatic carbocycles. The highest BCUT2D eigenvalue weighted by atomic mass is 35.5. The molecule has 0 saturated heterocycles. The zero-order valence-electron chi connectivity index (χ0n) is 12.5. The Morgan fingerprint density at radius 2 is 1.08 bits per heavy atom. The minimum atomic E-state index is -1.95. The Morgan fingerprint density at radius 3 is 1.50 bits per heavy atom. The lowest BCUT2D eigenvalue weighted by Crippen LogP contribution is -2.21. The Morgan fingerprint density at radius 1 is 0.654 bits per heavy atom. The molecule has 26 heavy (non-hydrogen) atoms. The quantitative estimate of drug-likeness (QED) is 0.597. The molecule has 0 amide bonds. The number of benzene rings is 2. The Hall–Kier alpha value is -3.10. The minimum Gasteiger partial charge on any atom is -0.478 e. The first-order valence-electron chi connectivity index (χ1n) is 6.67. The Balaban J connectivity index is 3.23. The number of aromatic carboxylic acids is 4. The molecule has 0 aromatic heterocycles. The van der Waals surface area contributed by atoms with Crippen molar-refractivity contribution >= 4 is 47.1 Å². The van der Waals surface area contributed by atoms with Crippen LogP contribution in [-0.2, 0) is 0 Å². The van der Waals surface area contributed by atoms with Gasteiger partial charge in [0, 0.05) is 16.1 Å². The van der Waals surface area contributed by atoms with Crippen LogP contribution in [0.25, 0.3) is 11.1 Å². The summed E-state index contributed by atoms with van der Waals surface area (Å²) in [6.45, 7) is 0. The number of halogens is 2. The Bertz CT molecular complexity index is 981. The number of hydrogen-bond acceptors (Lipinski definition) is 4. The lowest BCUT2D eigenvalue weighted by molar-refractivity contribution is 0.0620. The van der Waals surface area contributed by atoms with E-state index in [0.29, 0.717) is 0 Å². The van der Waals surface area contributed by atoms with Crippen LogP contribution in [0, 0.1) is 0 Å². The van der Waals surface area contributed by atoms with Gasteiger partial charge in [-0.1, -0.05) is 41.4 Å². The molecule has 0 unspecified atom stereocenters. The van der Waals surface area contributed by atoms with E-state index in [-0.39, 0.29) is 10.6 Å². The molecular formula is C16H8Cl2O8. The molecule has 0 bridgehead atoms. The molecule has 0 fully saturated rings. The van der Waals surface area contributed by atoms with Gasteiger partial charge in [0.15, 0.2) is 0 Å². The predicted octanol–water partition coefficient (Wildman–Crippen LogP) is 3.45. The zero-order chi connectivity index (χ0) is 19.8. The molecule has 0 heterocycles. The summed E-state index contributed by atoms with van der Waals surface area (Å²) in [7, 11) is 0. The number of carbonyl (C=O) groups is 4. The van der Waals surface area contributed by atoms with Gasteiger partial charge in [-0.25, -0.2) is 19.2 Å². The van der Waals surface area contributed by atoms with Crippen LogP contribution in [-0.4, -0.2) is 44.3 Å². The standard InChI is InChI=1S/C16H8Cl2O8/c17-6-4-2-1-3-5(6)7-8(13(19)20)9(14(21)22)10(15(23)24)11(12(7)18)16(25)26/h1-4H,(H,19,20)(H,21,22)(H,23,24)(H,25,26). The Kier molecular flexibility index (Phi) is 5.20. The van der Waals surface area contributed by atoms with Crippen molar-refractivity contribution < 1.29 is 39.6 Å². The van der Waals surface area contributed by atoms with Crippen molar-refractivity contribution in [3.8, 4) is 11.1 Å². The van der Waals surface area contributed by atoms with Crippen LogP contribution >= 0.6 is 23.2 Å². The molecule has 0 aliphatic heterocycles. The van der Waals surface area contributed by atoms with Crippen LogP contribution in [0.4, 0.5) is 0 Å². The highest BCUT2D eigenvalue weighted by molar-refractivity contribution is 6.40. The predicted molar refractivity (Wildman–Crippen MR) is 89.7 cm³/mol. The molecule has 0 aliphatic carbocycles. The second kappa shape index (κ2) is 7.03. The normalized spacial score (nSPS) is 10.4. The van der Waals surface area contributed by atoms with Gasteiger partial charge in [-0.2, -0.15) is 0 Å². The van der Waals surface area contributed by atoms with E-state index in [1.807, 2.05) is 0 Å². The van der Waals surface area contributed by atoms with Gasteiger partial charge >= 0.3 is 23.9 Å². The van der Waals surface area contributed by atoms with E-state index in [4.69, 9.17) is 23.2 Å². The van der Waals surface area contributed by atoms with Gasteiger partial charge < -0.3 is 20.4 Å². The van der Waals surface area contributed by atoms with Crippen LogP contribution in [0.2, 0.25) is 10.0 Å². The van der Waals surface area contributed by atoms with Crippen molar-refractivity contribution in [3.05, 3.63) is 56.6 Å². The van der Waals surface area contributed by atoms with E-state index >= 15 is 0 Å². The number of rotatable bonds is 5. The molecule has 8 nitrogen and oxygen atoms in total. The van der Waals surface area contributed by atoms with E-state index in [1.54, 1.807) is 0 Å². The van der Waals surface area contributed by atoms with Crippen molar-refractivity contribution in [1.82, 2.24) is 0 Å². The van der Waals surface area contributed by atoms with Crippen LogP contribution in [0.5, 0.6) is 0 Å². The van der Waals surface area contributed by atoms with Gasteiger partial charge in [-0.15, -0.1) is 0 Å². The molecule has 2 rings (SSSR count). The summed E-state index contributed by atoms with van der Waals surface area (Å²) in [4.78, 5) is 46.4. The van der Waals surface area contributed by atoms with Crippen LogP contribution in [0.1, 0.15) is 41.4 Å². The molecule has 0 atom stereocenters. The molecule has 0 radical (unpaired) electrons. The van der Waals surface area contributed by atoms with Crippen LogP contribution < -0.4 is 0 Å². The molecular weight excluding hydrogens is 391 g/mol. The molecule has 0 spiro atoms. The second-order valence-electron chi connectivity index (χ2n) is 4.89. The van der Waals surface area contributed by atoms with Crippen molar-refractivity contribution in [3.63, 3.8) is 0 Å². The van der Waals surface area contributed by atoms with Crippen LogP contribution in [0.15, 0.2) is 24.3 Å². The fourth-order valence-corrected chi connectivity index (χ4v) is 3.08. The van der Waals surface area contributed by atoms with Gasteiger partial charge in [0.2, 0.25) is 0 Å². The van der Waals surface area contributed by atoms with E-state index in [2.05, 4.69) is 0 Å². The van der Waals surface area contributed by atoms with Crippen LogP contribution in [0.3, 0.4) is 0 Å². The SMILES string of the molecule is O=C(O)c1c(Cl)c(-c2ccccc2Cl)c(C(=O)O)c(C(=O)O)c1C(=O)O. The van der Waals surface area contributed by atoms with E-state index in [9.17, 15) is 39.6 Å². The van der Waals surface area contributed by atoms with E-state index in [1.165, 1.54) is 24.3 Å². The molecule has 4 N–H and O–H groups in total. The molecule has 0 aliphatic rings. The maximum absolute atomic E-state index is 11.7. The molecule has 134 valence electrons. The first-order valence-corrected chi connectivity index (χ1v) is 7.42. The molecule has 2 aromatic rings. The average molecular weight is 399 g/mol. The highest BCUT2D eigenvalue weighted by Gasteiger charge is 2.36. The third kappa shape index (κ3) is 3.07. The number of hydrogen-bond donors (Lipinski definition) is 4. The van der Waals surface area contributed by atoms with Crippen molar-refractivity contribution in [1.29, 1.82) is 0 Å². The molecule has 0 saturated carbocycles. The average Bonchev–Trinajstić information content (AvgIpc) is 2.53. The van der Waals surface area contributed by atoms with Crippen molar-refractivity contribution in [2.24, 2.45) is 0 Å². The van der Waals surface area contributed by atoms with E-state index in [0.717, 1.165) is 0 Å². The third-order valence-electron chi connectivity index (χ3n) is 3.44. The summed E-state index contributed by atoms with van der Waals surface area (Å²) < 4.78 is 0. The second-order valence-corrected chi connectivity index (χ2v) is 5.67. The lowest BCUT2D eigenvalue weighted by Gasteiger charge is -2.18. The zero-order valence-corrected chi connectivity index (χ0v) is 14.0. The summed E-state index contributed by atoms with van der Waals surface area (Å²) in [6.07, 6.45) is 0. The topological polar surface area (TPSA) is 149 Å². The largest absolute Gasteiger partial charge is 0.478 e. The lowest BCUT2D eigenvalue weighted by atomic mass is 9.88. The number of carboxylic acids is 4. The minimum absolute atomic E-state index is 0.0346. The van der Waals surface area contributed by atoms with Gasteiger partial charge in [-0.3, -0.25) is 0 Å². The Labute approximate surface area is 154 Å². The monoisotopic (exact) mass is 398 g/mol. The maximum atomic E-state index is 11.7. The van der Waals surface area contributed by atoms with Crippen molar-refractivity contribution in [2.45, 2.75) is 0 Å². The maximum Gasteiger partial charge on any atom is 0.338 e. The third-order valence-corrected chi connectivity index (χ3v) is 4.15. The van der Waals surface area contributed by atoms with Crippen molar-refractivity contribution in [2.75, 3.05) is 0 Å². The highest BCUT2D eigenvalue weighted by Crippen LogP contribution is 2.41. The summed E-state index contributed by atoms with van der Waals surface area (Å²) in [5.74, 6) is -7.53. The first-order chi connectivity index (χ1) is 12.1. The van der Waals surface area contributed by atoms with Gasteiger partial charge in [-0.05, 0) is 6.07 Å². The summed E-state index contributed by atoms with van der Waals surface area (Å²) in [5.41, 5.74) is -5.01. The van der Waals surface area contributed by atoms with Gasteiger partial charge in [0.1, 0.15) is 0 Å². The summed E-state index contributed by atoms with van der Waals surface area (Å²) in [5, 5.41) is 36.7. The fraction of sp³-hybridized carbons (Fsp3) is 0. The first kappa shape index (κ1) is 19.2. The molecule has 10 heteroatoms. The smallest absolute Gasteiger partial charge is 0.338 e. The summed E-state index contributed by atoms with van der Waals surface area (Å²) in [6, 6.07) is 5.59. The fourth-order valence-electron chi connectivity index (χ4n) is 2.48. The summed E-state index contributed by atoms with van der Waals surface area (Å²) >= 11 is 12.0.